The van der Waals surface area contributed by atoms with Gasteiger partial charge < -0.3 is 9.47 Å². The normalized spacial score (nSPS) is 14.5. The molecule has 1 aliphatic carbocycles. The quantitative estimate of drug-likeness (QED) is 0.628. The number of hydrogen-bond acceptors (Lipinski definition) is 3. The number of benzene rings is 1. The van der Waals surface area contributed by atoms with Gasteiger partial charge in [0.05, 0.1) is 19.2 Å². The summed E-state index contributed by atoms with van der Waals surface area (Å²) >= 11 is 8.20. The molecule has 0 N–H and O–H groups in total. The summed E-state index contributed by atoms with van der Waals surface area (Å²) in [6, 6.07) is 3.25. The van der Waals surface area contributed by atoms with Gasteiger partial charge >= 0.3 is 48.0 Å². The number of hydrogen-bond donors (Lipinski definition) is 0. The predicted molar refractivity (Wildman–Crippen MR) is 86.6 cm³/mol. The summed E-state index contributed by atoms with van der Waals surface area (Å²) < 4.78 is 11.1. The van der Waals surface area contributed by atoms with Gasteiger partial charge in [-0.2, -0.15) is 0 Å². The average Bonchev–Trinajstić information content (AvgIpc) is 2.90. The summed E-state index contributed by atoms with van der Waals surface area (Å²) in [5, 5.41) is 0.388. The fourth-order valence-electron chi connectivity index (χ4n) is 2.27. The van der Waals surface area contributed by atoms with Gasteiger partial charge in [0.25, 0.3) is 0 Å². The molecule has 0 spiro atoms. The van der Waals surface area contributed by atoms with Gasteiger partial charge in [-0.3, -0.25) is 4.79 Å². The van der Waals surface area contributed by atoms with Crippen LogP contribution < -0.4 is 9.47 Å². The van der Waals surface area contributed by atoms with Crippen molar-refractivity contribution in [3.05, 3.63) is 22.7 Å². The molecule has 0 bridgehead atoms. The molecule has 0 radical (unpaired) electrons. The monoisotopic (exact) mass is 308 g/mol. The molecule has 0 aromatic heterocycles. The Bertz CT molecular complexity index is 462. The minimum atomic E-state index is -0.221. The minimum absolute atomic E-state index is 0.221. The van der Waals surface area contributed by atoms with Crippen molar-refractivity contribution in [3.8, 4) is 11.5 Å². The Morgan fingerprint density at radius 3 is 2.25 bits per heavy atom. The summed E-state index contributed by atoms with van der Waals surface area (Å²) in [6.45, 7) is 0. The number of rotatable bonds is 3. The Kier molecular flexibility index (Phi) is 8.00. The molecule has 0 aliphatic heterocycles. The number of carbonyl (C=O) groups is 1. The Labute approximate surface area is 137 Å². The van der Waals surface area contributed by atoms with Crippen molar-refractivity contribution in [2.45, 2.75) is 30.3 Å². The van der Waals surface area contributed by atoms with E-state index in [9.17, 15) is 4.79 Å². The zero-order chi connectivity index (χ0) is 15.1. The first-order chi connectivity index (χ1) is 9.51. The summed E-state index contributed by atoms with van der Waals surface area (Å²) in [5.41, 5.74) is 0.119. The molecular formula is C14H19ClLiO3P. The van der Waals surface area contributed by atoms with Crippen molar-refractivity contribution in [2.24, 2.45) is 0 Å². The fraction of sp³-hybridized carbons (Fsp3) is 0.500. The Hall–Kier alpha value is -0.193. The molecule has 3 nitrogen and oxygen atoms in total. The first kappa shape index (κ1) is 17.9. The van der Waals surface area contributed by atoms with Crippen LogP contribution in [0.2, 0.25) is 9.61 Å². The van der Waals surface area contributed by atoms with Gasteiger partial charge in [0, 0.05) is 0 Å². The maximum atomic E-state index is 11.3. The van der Waals surface area contributed by atoms with E-state index >= 15 is 0 Å². The second-order valence-electron chi connectivity index (χ2n) is 4.91. The van der Waals surface area contributed by atoms with Crippen LogP contribution in [0.4, 0.5) is 0 Å². The topological polar surface area (TPSA) is 35.5 Å². The molecule has 1 aliphatic rings. The molecule has 1 aromatic rings. The van der Waals surface area contributed by atoms with Crippen molar-refractivity contribution < 1.29 is 14.3 Å². The SMILES string of the molecule is COc1ccc(Cl)c(OC)c1C(=O)P.[Li][CH]1CCCC1. The third kappa shape index (κ3) is 4.97. The van der Waals surface area contributed by atoms with E-state index in [4.69, 9.17) is 21.1 Å². The van der Waals surface area contributed by atoms with Gasteiger partial charge in [-0.1, -0.05) is 20.8 Å². The van der Waals surface area contributed by atoms with E-state index in [2.05, 4.69) is 27.0 Å². The van der Waals surface area contributed by atoms with Crippen molar-refractivity contribution in [2.75, 3.05) is 14.2 Å². The predicted octanol–water partition coefficient (Wildman–Crippen LogP) is 3.89. The van der Waals surface area contributed by atoms with Crippen LogP contribution in [0, 0.1) is 0 Å². The molecule has 6 heteroatoms. The Morgan fingerprint density at radius 2 is 1.90 bits per heavy atom. The van der Waals surface area contributed by atoms with Gasteiger partial charge in [0.2, 0.25) is 0 Å². The summed E-state index contributed by atoms with van der Waals surface area (Å²) in [4.78, 5) is 11.3. The van der Waals surface area contributed by atoms with Gasteiger partial charge in [0.15, 0.2) is 11.3 Å². The first-order valence-electron chi connectivity index (χ1n) is 6.71. The molecular weight excluding hydrogens is 290 g/mol. The van der Waals surface area contributed by atoms with Crippen LogP contribution in [-0.2, 0) is 0 Å². The zero-order valence-electron chi connectivity index (χ0n) is 12.2. The number of methoxy groups -OCH3 is 2. The van der Waals surface area contributed by atoms with Crippen molar-refractivity contribution in [3.63, 3.8) is 0 Å². The molecule has 106 valence electrons. The molecule has 2 rings (SSSR count). The van der Waals surface area contributed by atoms with Crippen molar-refractivity contribution in [1.82, 2.24) is 0 Å². The third-order valence-electron chi connectivity index (χ3n) is 3.39. The molecule has 20 heavy (non-hydrogen) atoms. The van der Waals surface area contributed by atoms with E-state index in [1.54, 1.807) is 12.1 Å². The molecule has 0 saturated heterocycles. The number of ether oxygens (including phenoxy) is 2. The van der Waals surface area contributed by atoms with Crippen LogP contribution in [0.15, 0.2) is 12.1 Å². The maximum absolute atomic E-state index is 11.3. The standard InChI is InChI=1S/C9H10ClO3P.C5H9.Li/c1-12-6-4-3-5(10)8(13-2)7(6)9(11)14;1-2-4-5-3-1;/h3-4H,14H2,1-2H3;1H,2-5H2;. The van der Waals surface area contributed by atoms with Crippen LogP contribution in [0.5, 0.6) is 11.5 Å². The average molecular weight is 309 g/mol. The van der Waals surface area contributed by atoms with E-state index in [0.717, 1.165) is 4.59 Å². The van der Waals surface area contributed by atoms with Gasteiger partial charge in [-0.15, -0.1) is 0 Å². The summed E-state index contributed by atoms with van der Waals surface area (Å²) in [7, 11) is 5.01. The third-order valence-corrected chi connectivity index (χ3v) is 3.97. The molecule has 0 heterocycles. The zero-order valence-corrected chi connectivity index (χ0v) is 14.2. The van der Waals surface area contributed by atoms with E-state index in [1.807, 2.05) is 0 Å². The van der Waals surface area contributed by atoms with Crippen LogP contribution in [0.25, 0.3) is 0 Å². The number of halogens is 1. The molecule has 0 amide bonds. The molecule has 1 atom stereocenters. The van der Waals surface area contributed by atoms with Crippen LogP contribution >= 0.6 is 20.8 Å². The first-order valence-corrected chi connectivity index (χ1v) is 7.67. The van der Waals surface area contributed by atoms with E-state index in [-0.39, 0.29) is 5.52 Å². The summed E-state index contributed by atoms with van der Waals surface area (Å²) in [5.74, 6) is 0.789. The number of carbonyl (C=O) groups excluding carboxylic acids is 1. The van der Waals surface area contributed by atoms with Crippen LogP contribution in [0.1, 0.15) is 36.0 Å². The fourth-order valence-corrected chi connectivity index (χ4v) is 2.78. The molecule has 1 fully saturated rings. The Morgan fingerprint density at radius 1 is 1.30 bits per heavy atom. The summed E-state index contributed by atoms with van der Waals surface area (Å²) in [6.07, 6.45) is 5.95. The van der Waals surface area contributed by atoms with Crippen LogP contribution in [-0.4, -0.2) is 37.5 Å². The van der Waals surface area contributed by atoms with E-state index in [1.165, 1.54) is 39.9 Å². The Balaban J connectivity index is 0.000000276. The molecule has 1 aromatic carbocycles. The van der Waals surface area contributed by atoms with Gasteiger partial charge in [0.1, 0.15) is 11.3 Å². The van der Waals surface area contributed by atoms with E-state index < -0.39 is 0 Å². The molecule has 1 unspecified atom stereocenters. The second kappa shape index (κ2) is 8.95. The van der Waals surface area contributed by atoms with Crippen molar-refractivity contribution in [1.29, 1.82) is 0 Å². The van der Waals surface area contributed by atoms with Gasteiger partial charge in [-0.05, 0) is 12.1 Å². The van der Waals surface area contributed by atoms with E-state index in [0.29, 0.717) is 22.1 Å². The second-order valence-corrected chi connectivity index (χ2v) is 5.84. The molecule has 1 saturated carbocycles. The van der Waals surface area contributed by atoms with Crippen molar-refractivity contribution >= 4 is 44.1 Å². The van der Waals surface area contributed by atoms with Gasteiger partial charge in [-0.25, -0.2) is 0 Å². The van der Waals surface area contributed by atoms with Crippen LogP contribution in [0.3, 0.4) is 0 Å².